The highest BCUT2D eigenvalue weighted by Gasteiger charge is 2.41. The van der Waals surface area contributed by atoms with Gasteiger partial charge in [0.05, 0.1) is 0 Å². The van der Waals surface area contributed by atoms with Crippen LogP contribution in [0.1, 0.15) is 45.4 Å². The largest absolute Gasteiger partial charge is 0.343 e. The van der Waals surface area contributed by atoms with E-state index in [2.05, 4.69) is 11.9 Å². The number of rotatable bonds is 3. The van der Waals surface area contributed by atoms with Gasteiger partial charge in [0.25, 0.3) is 0 Å². The topological polar surface area (TPSA) is 23.6 Å². The Labute approximate surface area is 113 Å². The van der Waals surface area contributed by atoms with Crippen LogP contribution in [0.15, 0.2) is 0 Å². The Bertz CT molecular complexity index is 333. The first-order chi connectivity index (χ1) is 8.82. The molecule has 19 heavy (non-hydrogen) atoms. The molecule has 0 saturated carbocycles. The Hall–Kier alpha value is -0.710. The van der Waals surface area contributed by atoms with Crippen molar-refractivity contribution in [2.24, 2.45) is 0 Å². The molecule has 0 N–H and O–H groups in total. The first kappa shape index (κ1) is 14.7. The fraction of sp³-hybridized carbons (Fsp3) is 0.929. The summed E-state index contributed by atoms with van der Waals surface area (Å²) in [6.07, 6.45) is 4.03. The van der Waals surface area contributed by atoms with E-state index in [1.54, 1.807) is 4.90 Å². The second kappa shape index (κ2) is 5.35. The zero-order chi connectivity index (χ0) is 14.1. The van der Waals surface area contributed by atoms with Crippen molar-refractivity contribution in [3.8, 4) is 0 Å². The van der Waals surface area contributed by atoms with E-state index in [0.29, 0.717) is 0 Å². The molecule has 0 aromatic rings. The SMILES string of the molecule is CN1CCCC12CCN(C(=O)CCC(C)(F)F)CC2. The smallest absolute Gasteiger partial charge is 0.245 e. The number of piperidine rings is 1. The molecule has 3 nitrogen and oxygen atoms in total. The van der Waals surface area contributed by atoms with E-state index in [0.717, 1.165) is 39.4 Å². The molecule has 0 aromatic carbocycles. The minimum absolute atomic E-state index is 0.0354. The van der Waals surface area contributed by atoms with Gasteiger partial charge in [-0.2, -0.15) is 0 Å². The summed E-state index contributed by atoms with van der Waals surface area (Å²) in [5.41, 5.74) is 0.269. The van der Waals surface area contributed by atoms with E-state index in [4.69, 9.17) is 0 Å². The molecule has 2 aliphatic rings. The first-order valence-corrected chi connectivity index (χ1v) is 7.19. The van der Waals surface area contributed by atoms with Gasteiger partial charge in [-0.1, -0.05) is 0 Å². The molecule has 0 aliphatic carbocycles. The number of likely N-dealkylation sites (tertiary alicyclic amines) is 2. The zero-order valence-electron chi connectivity index (χ0n) is 11.9. The van der Waals surface area contributed by atoms with Gasteiger partial charge >= 0.3 is 0 Å². The molecular formula is C14H24F2N2O. The highest BCUT2D eigenvalue weighted by molar-refractivity contribution is 5.76. The summed E-state index contributed by atoms with van der Waals surface area (Å²) in [6, 6.07) is 0. The molecule has 0 aromatic heterocycles. The van der Waals surface area contributed by atoms with Crippen LogP contribution in [-0.4, -0.2) is 53.9 Å². The van der Waals surface area contributed by atoms with Crippen LogP contribution in [0.25, 0.3) is 0 Å². The van der Waals surface area contributed by atoms with Crippen molar-refractivity contribution in [3.05, 3.63) is 0 Å². The number of alkyl halides is 2. The second-order valence-electron chi connectivity index (χ2n) is 6.20. The molecule has 0 unspecified atom stereocenters. The predicted molar refractivity (Wildman–Crippen MR) is 70.3 cm³/mol. The Kier molecular flexibility index (Phi) is 4.14. The molecule has 0 bridgehead atoms. The molecule has 2 rings (SSSR count). The summed E-state index contributed by atoms with van der Waals surface area (Å²) in [6.45, 7) is 3.45. The lowest BCUT2D eigenvalue weighted by molar-refractivity contribution is -0.135. The van der Waals surface area contributed by atoms with Gasteiger partial charge in [0.1, 0.15) is 0 Å². The Morgan fingerprint density at radius 3 is 2.32 bits per heavy atom. The number of amides is 1. The van der Waals surface area contributed by atoms with Crippen molar-refractivity contribution >= 4 is 5.91 Å². The molecule has 110 valence electrons. The monoisotopic (exact) mass is 274 g/mol. The third kappa shape index (κ3) is 3.44. The Morgan fingerprint density at radius 1 is 1.21 bits per heavy atom. The van der Waals surface area contributed by atoms with Gasteiger partial charge in [-0.15, -0.1) is 0 Å². The molecule has 5 heteroatoms. The summed E-state index contributed by atoms with van der Waals surface area (Å²) in [5.74, 6) is -2.85. The van der Waals surface area contributed by atoms with E-state index < -0.39 is 5.92 Å². The Balaban J connectivity index is 1.81. The summed E-state index contributed by atoms with van der Waals surface area (Å²) < 4.78 is 25.5. The number of halogens is 2. The number of hydrogen-bond acceptors (Lipinski definition) is 2. The Morgan fingerprint density at radius 2 is 1.84 bits per heavy atom. The van der Waals surface area contributed by atoms with Crippen molar-refractivity contribution < 1.29 is 13.6 Å². The number of carbonyl (C=O) groups is 1. The van der Waals surface area contributed by atoms with Crippen LogP contribution in [0.4, 0.5) is 8.78 Å². The van der Waals surface area contributed by atoms with Gasteiger partial charge in [-0.3, -0.25) is 4.79 Å². The lowest BCUT2D eigenvalue weighted by Crippen LogP contribution is -2.52. The lowest BCUT2D eigenvalue weighted by Gasteiger charge is -2.43. The average molecular weight is 274 g/mol. The maximum atomic E-state index is 12.8. The van der Waals surface area contributed by atoms with Crippen molar-refractivity contribution in [2.75, 3.05) is 26.7 Å². The molecule has 0 atom stereocenters. The van der Waals surface area contributed by atoms with Crippen LogP contribution >= 0.6 is 0 Å². The molecule has 2 aliphatic heterocycles. The van der Waals surface area contributed by atoms with E-state index in [9.17, 15) is 13.6 Å². The highest BCUT2D eigenvalue weighted by atomic mass is 19.3. The predicted octanol–water partition coefficient (Wildman–Crippen LogP) is 2.51. The van der Waals surface area contributed by atoms with Crippen molar-refractivity contribution in [2.45, 2.75) is 56.9 Å². The van der Waals surface area contributed by atoms with Gasteiger partial charge < -0.3 is 9.80 Å². The summed E-state index contributed by atoms with van der Waals surface area (Å²) in [5, 5.41) is 0. The van der Waals surface area contributed by atoms with Gasteiger partial charge in [-0.25, -0.2) is 8.78 Å². The van der Waals surface area contributed by atoms with Crippen LogP contribution in [0.5, 0.6) is 0 Å². The summed E-state index contributed by atoms with van der Waals surface area (Å²) >= 11 is 0. The third-order valence-corrected chi connectivity index (χ3v) is 4.77. The summed E-state index contributed by atoms with van der Waals surface area (Å²) in [4.78, 5) is 16.1. The normalized spacial score (nSPS) is 24.1. The second-order valence-corrected chi connectivity index (χ2v) is 6.20. The van der Waals surface area contributed by atoms with E-state index in [1.807, 2.05) is 0 Å². The van der Waals surface area contributed by atoms with Gasteiger partial charge in [0.2, 0.25) is 11.8 Å². The third-order valence-electron chi connectivity index (χ3n) is 4.77. The molecular weight excluding hydrogens is 250 g/mol. The van der Waals surface area contributed by atoms with E-state index in [1.165, 1.54) is 12.8 Å². The van der Waals surface area contributed by atoms with E-state index >= 15 is 0 Å². The van der Waals surface area contributed by atoms with Crippen molar-refractivity contribution in [3.63, 3.8) is 0 Å². The minimum Gasteiger partial charge on any atom is -0.343 e. The number of nitrogens with zero attached hydrogens (tertiary/aromatic N) is 2. The van der Waals surface area contributed by atoms with Gasteiger partial charge in [0.15, 0.2) is 0 Å². The van der Waals surface area contributed by atoms with Crippen LogP contribution < -0.4 is 0 Å². The van der Waals surface area contributed by atoms with Crippen molar-refractivity contribution in [1.82, 2.24) is 9.80 Å². The maximum absolute atomic E-state index is 12.8. The molecule has 2 fully saturated rings. The van der Waals surface area contributed by atoms with Crippen LogP contribution in [-0.2, 0) is 4.79 Å². The fourth-order valence-corrected chi connectivity index (χ4v) is 3.36. The molecule has 1 amide bonds. The highest BCUT2D eigenvalue weighted by Crippen LogP contribution is 2.37. The zero-order valence-corrected chi connectivity index (χ0v) is 11.9. The molecule has 0 radical (unpaired) electrons. The minimum atomic E-state index is -2.74. The average Bonchev–Trinajstić information content (AvgIpc) is 2.68. The van der Waals surface area contributed by atoms with Gasteiger partial charge in [0, 0.05) is 31.5 Å². The lowest BCUT2D eigenvalue weighted by atomic mass is 9.85. The van der Waals surface area contributed by atoms with Crippen LogP contribution in [0.3, 0.4) is 0 Å². The standard InChI is InChI=1S/C14H24F2N2O/c1-13(15,16)6-4-12(19)18-10-7-14(8-11-18)5-3-9-17(14)2/h3-11H2,1-2H3. The van der Waals surface area contributed by atoms with Crippen molar-refractivity contribution in [1.29, 1.82) is 0 Å². The summed E-state index contributed by atoms with van der Waals surface area (Å²) in [7, 11) is 2.15. The number of carbonyl (C=O) groups excluding carboxylic acids is 1. The quantitative estimate of drug-likeness (QED) is 0.789. The van der Waals surface area contributed by atoms with Crippen LogP contribution in [0, 0.1) is 0 Å². The molecule has 2 saturated heterocycles. The maximum Gasteiger partial charge on any atom is 0.245 e. The van der Waals surface area contributed by atoms with Crippen LogP contribution in [0.2, 0.25) is 0 Å². The van der Waals surface area contributed by atoms with Gasteiger partial charge in [-0.05, 0) is 46.2 Å². The van der Waals surface area contributed by atoms with E-state index in [-0.39, 0.29) is 24.3 Å². The first-order valence-electron chi connectivity index (χ1n) is 7.19. The number of hydrogen-bond donors (Lipinski definition) is 0. The molecule has 1 spiro atoms. The fourth-order valence-electron chi connectivity index (χ4n) is 3.36. The molecule has 2 heterocycles.